The number of phenols is 1. The van der Waals surface area contributed by atoms with Crippen LogP contribution in [0, 0.1) is 0 Å². The monoisotopic (exact) mass is 367 g/mol. The molecule has 26 heavy (non-hydrogen) atoms. The molecule has 0 unspecified atom stereocenters. The van der Waals surface area contributed by atoms with E-state index < -0.39 is 11.9 Å². The van der Waals surface area contributed by atoms with E-state index in [4.69, 9.17) is 11.6 Å². The molecule has 0 aliphatic heterocycles. The molecule has 0 aliphatic rings. The zero-order chi connectivity index (χ0) is 18.7. The average Bonchev–Trinajstić information content (AvgIpc) is 2.62. The van der Waals surface area contributed by atoms with Gasteiger partial charge in [0.1, 0.15) is 5.75 Å². The summed E-state index contributed by atoms with van der Waals surface area (Å²) in [5, 5.41) is 21.9. The number of carbonyl (C=O) groups is 2. The van der Waals surface area contributed by atoms with Crippen LogP contribution in [0.3, 0.4) is 0 Å². The quantitative estimate of drug-likeness (QED) is 0.625. The van der Waals surface area contributed by atoms with E-state index >= 15 is 0 Å². The van der Waals surface area contributed by atoms with Crippen LogP contribution < -0.4 is 5.32 Å². The Morgan fingerprint density at radius 3 is 2.23 bits per heavy atom. The number of carbonyl (C=O) groups excluding carboxylic acids is 1. The van der Waals surface area contributed by atoms with Crippen LogP contribution in [0.25, 0.3) is 11.1 Å². The van der Waals surface area contributed by atoms with Gasteiger partial charge in [0.05, 0.1) is 11.3 Å². The first-order valence-corrected chi connectivity index (χ1v) is 8.05. The number of aromatic hydroxyl groups is 1. The number of rotatable bonds is 4. The second kappa shape index (κ2) is 7.29. The number of anilines is 1. The fourth-order valence-corrected chi connectivity index (χ4v) is 2.68. The molecule has 5 nitrogen and oxygen atoms in total. The average molecular weight is 368 g/mol. The number of phenolic OH excluding ortho intramolecular Hbond substituents is 1. The van der Waals surface area contributed by atoms with E-state index in [2.05, 4.69) is 5.32 Å². The molecule has 0 spiro atoms. The van der Waals surface area contributed by atoms with E-state index in [0.717, 1.165) is 11.1 Å². The maximum atomic E-state index is 12.4. The van der Waals surface area contributed by atoms with Crippen LogP contribution in [0.2, 0.25) is 5.02 Å². The molecule has 0 heterocycles. The molecule has 0 bridgehead atoms. The van der Waals surface area contributed by atoms with Crippen molar-refractivity contribution in [2.24, 2.45) is 0 Å². The molecule has 3 aromatic rings. The van der Waals surface area contributed by atoms with Gasteiger partial charge in [0.25, 0.3) is 5.91 Å². The summed E-state index contributed by atoms with van der Waals surface area (Å²) >= 11 is 6.01. The third-order valence-corrected chi connectivity index (χ3v) is 4.02. The molecule has 6 heteroatoms. The second-order valence-corrected chi connectivity index (χ2v) is 6.01. The number of amides is 1. The molecule has 0 saturated carbocycles. The smallest absolute Gasteiger partial charge is 0.337 e. The van der Waals surface area contributed by atoms with Gasteiger partial charge in [0.2, 0.25) is 0 Å². The Labute approximate surface area is 154 Å². The van der Waals surface area contributed by atoms with Gasteiger partial charge in [0.15, 0.2) is 0 Å². The topological polar surface area (TPSA) is 86.6 Å². The van der Waals surface area contributed by atoms with E-state index in [9.17, 15) is 19.8 Å². The zero-order valence-corrected chi connectivity index (χ0v) is 14.2. The van der Waals surface area contributed by atoms with Gasteiger partial charge in [-0.25, -0.2) is 4.79 Å². The Hall–Kier alpha value is -3.31. The lowest BCUT2D eigenvalue weighted by molar-refractivity contribution is 0.0698. The number of carboxylic acid groups (broad SMARTS) is 1. The summed E-state index contributed by atoms with van der Waals surface area (Å²) in [5.74, 6) is -1.59. The standard InChI is InChI=1S/C20H14ClNO4/c21-15-3-1-2-13(10-15)14-6-9-17(20(25)26)18(11-14)22-19(24)12-4-7-16(23)8-5-12/h1-11,23H,(H,22,24)(H,25,26). The number of hydrogen-bond acceptors (Lipinski definition) is 3. The summed E-state index contributed by atoms with van der Waals surface area (Å²) < 4.78 is 0. The Bertz CT molecular complexity index is 983. The first kappa shape index (κ1) is 17.5. The van der Waals surface area contributed by atoms with Gasteiger partial charge in [-0.3, -0.25) is 4.79 Å². The van der Waals surface area contributed by atoms with Gasteiger partial charge >= 0.3 is 5.97 Å². The minimum Gasteiger partial charge on any atom is -0.508 e. The summed E-state index contributed by atoms with van der Waals surface area (Å²) in [6.07, 6.45) is 0. The number of aromatic carboxylic acids is 1. The Morgan fingerprint density at radius 1 is 0.885 bits per heavy atom. The second-order valence-electron chi connectivity index (χ2n) is 5.58. The fraction of sp³-hybridized carbons (Fsp3) is 0. The molecule has 130 valence electrons. The highest BCUT2D eigenvalue weighted by molar-refractivity contribution is 6.30. The van der Waals surface area contributed by atoms with E-state index in [1.54, 1.807) is 30.3 Å². The molecule has 0 aromatic heterocycles. The van der Waals surface area contributed by atoms with Crippen molar-refractivity contribution in [3.8, 4) is 16.9 Å². The maximum absolute atomic E-state index is 12.4. The molecule has 0 fully saturated rings. The largest absolute Gasteiger partial charge is 0.508 e. The third kappa shape index (κ3) is 3.84. The summed E-state index contributed by atoms with van der Waals surface area (Å²) in [6.45, 7) is 0. The highest BCUT2D eigenvalue weighted by Crippen LogP contribution is 2.28. The normalized spacial score (nSPS) is 10.3. The molecule has 3 N–H and O–H groups in total. The lowest BCUT2D eigenvalue weighted by Gasteiger charge is -2.11. The van der Waals surface area contributed by atoms with Gasteiger partial charge in [-0.1, -0.05) is 29.8 Å². The SMILES string of the molecule is O=C(Nc1cc(-c2cccc(Cl)c2)ccc1C(=O)O)c1ccc(O)cc1. The van der Waals surface area contributed by atoms with Crippen molar-refractivity contribution < 1.29 is 19.8 Å². The Balaban J connectivity index is 1.98. The number of carboxylic acids is 1. The highest BCUT2D eigenvalue weighted by atomic mass is 35.5. The van der Waals surface area contributed by atoms with Crippen LogP contribution in [-0.4, -0.2) is 22.1 Å². The summed E-state index contributed by atoms with van der Waals surface area (Å²) in [6, 6.07) is 17.5. The van der Waals surface area contributed by atoms with E-state index in [-0.39, 0.29) is 17.0 Å². The summed E-state index contributed by atoms with van der Waals surface area (Å²) in [5.41, 5.74) is 1.97. The van der Waals surface area contributed by atoms with Crippen molar-refractivity contribution in [3.63, 3.8) is 0 Å². The third-order valence-electron chi connectivity index (χ3n) is 3.79. The molecule has 3 aromatic carbocycles. The molecule has 0 saturated heterocycles. The lowest BCUT2D eigenvalue weighted by atomic mass is 10.0. The van der Waals surface area contributed by atoms with Crippen LogP contribution in [-0.2, 0) is 0 Å². The van der Waals surface area contributed by atoms with Crippen molar-refractivity contribution in [1.82, 2.24) is 0 Å². The van der Waals surface area contributed by atoms with Gasteiger partial charge in [-0.15, -0.1) is 0 Å². The van der Waals surface area contributed by atoms with Crippen molar-refractivity contribution >= 4 is 29.2 Å². The Kier molecular flexibility index (Phi) is 4.91. The predicted molar refractivity (Wildman–Crippen MR) is 99.9 cm³/mol. The number of nitrogens with one attached hydrogen (secondary N) is 1. The first-order chi connectivity index (χ1) is 12.4. The van der Waals surface area contributed by atoms with Crippen LogP contribution in [0.1, 0.15) is 20.7 Å². The fourth-order valence-electron chi connectivity index (χ4n) is 2.49. The van der Waals surface area contributed by atoms with Crippen LogP contribution >= 0.6 is 11.6 Å². The molecular weight excluding hydrogens is 354 g/mol. The molecule has 0 atom stereocenters. The molecule has 3 rings (SSSR count). The van der Waals surface area contributed by atoms with Crippen LogP contribution in [0.15, 0.2) is 66.7 Å². The minimum absolute atomic E-state index is 0.0251. The minimum atomic E-state index is -1.15. The van der Waals surface area contributed by atoms with E-state index in [0.29, 0.717) is 10.6 Å². The first-order valence-electron chi connectivity index (χ1n) is 7.68. The number of halogens is 1. The van der Waals surface area contributed by atoms with Crippen molar-refractivity contribution in [3.05, 3.63) is 82.9 Å². The molecule has 0 aliphatic carbocycles. The zero-order valence-electron chi connectivity index (χ0n) is 13.4. The molecule has 1 amide bonds. The summed E-state index contributed by atoms with van der Waals surface area (Å²) in [7, 11) is 0. The Morgan fingerprint density at radius 2 is 1.58 bits per heavy atom. The lowest BCUT2D eigenvalue weighted by Crippen LogP contribution is -2.14. The predicted octanol–water partition coefficient (Wildman–Crippen LogP) is 4.66. The highest BCUT2D eigenvalue weighted by Gasteiger charge is 2.15. The van der Waals surface area contributed by atoms with E-state index in [1.165, 1.54) is 30.3 Å². The molecular formula is C20H14ClNO4. The summed E-state index contributed by atoms with van der Waals surface area (Å²) in [4.78, 5) is 23.9. The van der Waals surface area contributed by atoms with Crippen LogP contribution in [0.4, 0.5) is 5.69 Å². The van der Waals surface area contributed by atoms with Crippen molar-refractivity contribution in [2.75, 3.05) is 5.32 Å². The van der Waals surface area contributed by atoms with Crippen molar-refractivity contribution in [1.29, 1.82) is 0 Å². The molecule has 0 radical (unpaired) electrons. The van der Waals surface area contributed by atoms with Crippen molar-refractivity contribution in [2.45, 2.75) is 0 Å². The number of benzene rings is 3. The van der Waals surface area contributed by atoms with E-state index in [1.807, 2.05) is 6.07 Å². The van der Waals surface area contributed by atoms with Gasteiger partial charge in [-0.05, 0) is 59.7 Å². The maximum Gasteiger partial charge on any atom is 0.337 e. The number of hydrogen-bond donors (Lipinski definition) is 3. The van der Waals surface area contributed by atoms with Gasteiger partial charge < -0.3 is 15.5 Å². The van der Waals surface area contributed by atoms with Crippen LogP contribution in [0.5, 0.6) is 5.75 Å². The van der Waals surface area contributed by atoms with Gasteiger partial charge in [-0.2, -0.15) is 0 Å². The van der Waals surface area contributed by atoms with Gasteiger partial charge in [0, 0.05) is 10.6 Å².